The second-order valence-corrected chi connectivity index (χ2v) is 8.91. The molecule has 138 valence electrons. The van der Waals surface area contributed by atoms with E-state index < -0.39 is 17.1 Å². The summed E-state index contributed by atoms with van der Waals surface area (Å²) in [5, 5.41) is 10.0. The lowest BCUT2D eigenvalue weighted by Crippen LogP contribution is -2.46. The summed E-state index contributed by atoms with van der Waals surface area (Å²) in [4.78, 5) is 4.41. The standard InChI is InChI=1S/C17H22BN3O4S/c19-5-2-6-26(23,24)21-12-7-11(8-12)14-9-18(22)25-16-10-20-15-4-1-3-13(15)17(14)16/h1,3,9-12,21-22H,2,4-8,19H2. The molecule has 1 aromatic rings. The van der Waals surface area contributed by atoms with Crippen LogP contribution in [0.1, 0.15) is 36.1 Å². The zero-order valence-electron chi connectivity index (χ0n) is 14.4. The van der Waals surface area contributed by atoms with Crippen molar-refractivity contribution in [3.63, 3.8) is 0 Å². The molecule has 1 aromatic heterocycles. The maximum Gasteiger partial charge on any atom is 0.552 e. The first kappa shape index (κ1) is 17.7. The molecule has 0 aromatic carbocycles. The van der Waals surface area contributed by atoms with E-state index in [2.05, 4.69) is 15.8 Å². The summed E-state index contributed by atoms with van der Waals surface area (Å²) in [5.74, 6) is 2.58. The maximum absolute atomic E-state index is 12.0. The molecule has 26 heavy (non-hydrogen) atoms. The van der Waals surface area contributed by atoms with Crippen molar-refractivity contribution >= 4 is 28.8 Å². The highest BCUT2D eigenvalue weighted by molar-refractivity contribution is 7.89. The normalized spacial score (nSPS) is 23.8. The van der Waals surface area contributed by atoms with Crippen LogP contribution < -0.4 is 15.1 Å². The van der Waals surface area contributed by atoms with E-state index in [1.165, 1.54) is 0 Å². The van der Waals surface area contributed by atoms with Crippen LogP contribution in [0.5, 0.6) is 5.75 Å². The number of hydrogen-bond acceptors (Lipinski definition) is 6. The Morgan fingerprint density at radius 1 is 1.42 bits per heavy atom. The summed E-state index contributed by atoms with van der Waals surface area (Å²) in [7, 11) is -4.28. The monoisotopic (exact) mass is 375 g/mol. The van der Waals surface area contributed by atoms with E-state index in [9.17, 15) is 13.4 Å². The first-order chi connectivity index (χ1) is 12.5. The second-order valence-electron chi connectivity index (χ2n) is 7.04. The molecule has 0 atom stereocenters. The molecule has 1 fully saturated rings. The van der Waals surface area contributed by atoms with Crippen molar-refractivity contribution in [2.24, 2.45) is 11.7 Å². The second kappa shape index (κ2) is 6.81. The number of nitrogens with two attached hydrogens (primary N) is 1. The van der Waals surface area contributed by atoms with Gasteiger partial charge in [-0.05, 0) is 43.3 Å². The van der Waals surface area contributed by atoms with Gasteiger partial charge in [0.05, 0.1) is 17.6 Å². The number of hydrogen-bond donors (Lipinski definition) is 3. The highest BCUT2D eigenvalue weighted by atomic mass is 32.2. The average Bonchev–Trinajstić information content (AvgIpc) is 3.03. The third kappa shape index (κ3) is 3.32. The molecule has 1 aliphatic heterocycles. The fourth-order valence-electron chi connectivity index (χ4n) is 3.86. The minimum absolute atomic E-state index is 0.0622. The van der Waals surface area contributed by atoms with Gasteiger partial charge >= 0.3 is 7.12 Å². The molecule has 0 radical (unpaired) electrons. The van der Waals surface area contributed by atoms with E-state index in [0.29, 0.717) is 31.6 Å². The summed E-state index contributed by atoms with van der Waals surface area (Å²) in [5.41, 5.74) is 9.46. The van der Waals surface area contributed by atoms with E-state index in [4.69, 9.17) is 10.4 Å². The molecule has 4 N–H and O–H groups in total. The Labute approximate surface area is 153 Å². The summed E-state index contributed by atoms with van der Waals surface area (Å²) < 4.78 is 32.3. The van der Waals surface area contributed by atoms with Crippen LogP contribution in [-0.4, -0.2) is 43.9 Å². The lowest BCUT2D eigenvalue weighted by atomic mass is 9.68. The van der Waals surface area contributed by atoms with Gasteiger partial charge in [-0.3, -0.25) is 4.98 Å². The molecule has 9 heteroatoms. The average molecular weight is 375 g/mol. The predicted molar refractivity (Wildman–Crippen MR) is 101 cm³/mol. The molecule has 7 nitrogen and oxygen atoms in total. The molecule has 0 bridgehead atoms. The minimum atomic E-state index is -3.28. The van der Waals surface area contributed by atoms with E-state index in [-0.39, 0.29) is 17.7 Å². The highest BCUT2D eigenvalue weighted by Gasteiger charge is 2.39. The minimum Gasteiger partial charge on any atom is -0.531 e. The van der Waals surface area contributed by atoms with Crippen molar-refractivity contribution in [1.82, 2.24) is 9.71 Å². The van der Waals surface area contributed by atoms with Gasteiger partial charge in [0, 0.05) is 23.6 Å². The first-order valence-corrected chi connectivity index (χ1v) is 10.6. The van der Waals surface area contributed by atoms with E-state index in [1.807, 2.05) is 6.08 Å². The molecule has 0 unspecified atom stereocenters. The van der Waals surface area contributed by atoms with Gasteiger partial charge in [0.2, 0.25) is 10.0 Å². The Kier molecular flexibility index (Phi) is 4.64. The largest absolute Gasteiger partial charge is 0.552 e. The van der Waals surface area contributed by atoms with Crippen LogP contribution in [0.25, 0.3) is 11.6 Å². The maximum atomic E-state index is 12.0. The fraction of sp³-hybridized carbons (Fsp3) is 0.471. The van der Waals surface area contributed by atoms with Gasteiger partial charge in [0.1, 0.15) is 5.75 Å². The Morgan fingerprint density at radius 3 is 3.00 bits per heavy atom. The van der Waals surface area contributed by atoms with Gasteiger partial charge in [-0.1, -0.05) is 12.2 Å². The van der Waals surface area contributed by atoms with Crippen molar-refractivity contribution in [3.8, 4) is 5.75 Å². The molecule has 2 heterocycles. The summed E-state index contributed by atoms with van der Waals surface area (Å²) in [6, 6.07) is -0.0717. The lowest BCUT2D eigenvalue weighted by molar-refractivity contribution is 0.308. The van der Waals surface area contributed by atoms with E-state index in [0.717, 1.165) is 28.8 Å². The number of fused-ring (bicyclic) bond motifs is 3. The van der Waals surface area contributed by atoms with Gasteiger partial charge in [-0.15, -0.1) is 0 Å². The highest BCUT2D eigenvalue weighted by Crippen LogP contribution is 2.46. The van der Waals surface area contributed by atoms with Crippen LogP contribution in [0.15, 0.2) is 18.2 Å². The number of nitrogens with one attached hydrogen (secondary N) is 1. The number of nitrogens with zero attached hydrogens (tertiary/aromatic N) is 1. The smallest absolute Gasteiger partial charge is 0.531 e. The molecule has 1 saturated carbocycles. The Balaban J connectivity index is 1.50. The molecular weight excluding hydrogens is 353 g/mol. The molecule has 3 aliphatic rings. The zero-order valence-corrected chi connectivity index (χ0v) is 15.2. The van der Waals surface area contributed by atoms with Crippen molar-refractivity contribution in [2.45, 2.75) is 31.7 Å². The van der Waals surface area contributed by atoms with Crippen LogP contribution >= 0.6 is 0 Å². The predicted octanol–water partition coefficient (Wildman–Crippen LogP) is 0.493. The summed E-state index contributed by atoms with van der Waals surface area (Å²) in [6.45, 7) is 0.364. The SMILES string of the molecule is NCCCS(=O)(=O)NC1CC(C2=CB(O)Oc3cnc4c(c32)C=CC4)C1. The molecular formula is C17H22BN3O4S. The van der Waals surface area contributed by atoms with Crippen LogP contribution in [0.2, 0.25) is 0 Å². The summed E-state index contributed by atoms with van der Waals surface area (Å²) >= 11 is 0. The number of sulfonamides is 1. The van der Waals surface area contributed by atoms with Gasteiger partial charge in [0.15, 0.2) is 0 Å². The van der Waals surface area contributed by atoms with Crippen LogP contribution in [0.4, 0.5) is 0 Å². The number of aromatic nitrogens is 1. The number of rotatable bonds is 6. The van der Waals surface area contributed by atoms with E-state index in [1.54, 1.807) is 12.2 Å². The quantitative estimate of drug-likeness (QED) is 0.624. The van der Waals surface area contributed by atoms with Crippen molar-refractivity contribution in [2.75, 3.05) is 12.3 Å². The van der Waals surface area contributed by atoms with Crippen molar-refractivity contribution in [1.29, 1.82) is 0 Å². The van der Waals surface area contributed by atoms with Gasteiger partial charge in [-0.25, -0.2) is 13.1 Å². The lowest BCUT2D eigenvalue weighted by Gasteiger charge is -2.39. The number of allylic oxidation sites excluding steroid dienone is 2. The first-order valence-electron chi connectivity index (χ1n) is 8.92. The Morgan fingerprint density at radius 2 is 2.23 bits per heavy atom. The number of pyridine rings is 1. The van der Waals surface area contributed by atoms with Crippen LogP contribution in [0.3, 0.4) is 0 Å². The van der Waals surface area contributed by atoms with Gasteiger partial charge < -0.3 is 15.4 Å². The molecule has 0 saturated heterocycles. The molecule has 2 aliphatic carbocycles. The molecule has 0 amide bonds. The van der Waals surface area contributed by atoms with Gasteiger partial charge in [-0.2, -0.15) is 0 Å². The van der Waals surface area contributed by atoms with Crippen LogP contribution in [-0.2, 0) is 16.4 Å². The molecule has 4 rings (SSSR count). The summed E-state index contributed by atoms with van der Waals surface area (Å²) in [6.07, 6.45) is 8.45. The third-order valence-electron chi connectivity index (χ3n) is 5.16. The zero-order chi connectivity index (χ0) is 18.3. The van der Waals surface area contributed by atoms with Crippen molar-refractivity contribution in [3.05, 3.63) is 35.1 Å². The van der Waals surface area contributed by atoms with Gasteiger partial charge in [0.25, 0.3) is 0 Å². The van der Waals surface area contributed by atoms with Crippen LogP contribution in [0, 0.1) is 5.92 Å². The topological polar surface area (TPSA) is 115 Å². The Bertz CT molecular complexity index is 878. The third-order valence-corrected chi connectivity index (χ3v) is 6.68. The Hall–Kier alpha value is -1.68. The van der Waals surface area contributed by atoms with E-state index >= 15 is 0 Å². The fourth-order valence-corrected chi connectivity index (χ4v) is 5.23. The van der Waals surface area contributed by atoms with Crippen molar-refractivity contribution < 1.29 is 18.1 Å². The molecule has 0 spiro atoms.